The van der Waals surface area contributed by atoms with Gasteiger partial charge in [0.2, 0.25) is 0 Å². The molecular weight excluding hydrogens is 164 g/mol. The van der Waals surface area contributed by atoms with Crippen molar-refractivity contribution in [2.75, 3.05) is 0 Å². The summed E-state index contributed by atoms with van der Waals surface area (Å²) >= 11 is 0. The number of hydrogen-bond donors (Lipinski definition) is 1. The smallest absolute Gasteiger partial charge is 0.153 e. The minimum absolute atomic E-state index is 0.116. The Hall–Kier alpha value is -1.51. The lowest BCUT2D eigenvalue weighted by Crippen LogP contribution is -2.33. The largest absolute Gasteiger partial charge is 0.481 e. The monoisotopic (exact) mass is 176 g/mol. The molecule has 3 nitrogen and oxygen atoms in total. The lowest BCUT2D eigenvalue weighted by molar-refractivity contribution is 0.281. The van der Waals surface area contributed by atoms with Crippen LogP contribution in [0.25, 0.3) is 0 Å². The standard InChI is InChI=1S/C10H12N2O/c1-6-3-4-8-9(5-6)13-7(2)10(11)12-8/h3-5,7H,1-2H3,(H2,11,12). The van der Waals surface area contributed by atoms with Crippen LogP contribution in [0.1, 0.15) is 12.5 Å². The van der Waals surface area contributed by atoms with E-state index in [1.165, 1.54) is 5.56 Å². The number of nitrogens with two attached hydrogens (primary N) is 1. The predicted octanol–water partition coefficient (Wildman–Crippen LogP) is 1.76. The van der Waals surface area contributed by atoms with E-state index < -0.39 is 0 Å². The SMILES string of the molecule is Cc1ccc2c(c1)OC(C)C(N)=N2. The summed E-state index contributed by atoms with van der Waals surface area (Å²) in [5.74, 6) is 1.36. The highest BCUT2D eigenvalue weighted by atomic mass is 16.5. The zero-order valence-corrected chi connectivity index (χ0v) is 7.74. The molecule has 0 aromatic heterocycles. The number of amidine groups is 1. The molecule has 0 saturated heterocycles. The minimum atomic E-state index is -0.116. The highest BCUT2D eigenvalue weighted by Gasteiger charge is 2.17. The molecule has 0 saturated carbocycles. The zero-order valence-electron chi connectivity index (χ0n) is 7.74. The lowest BCUT2D eigenvalue weighted by Gasteiger charge is -2.20. The number of benzene rings is 1. The van der Waals surface area contributed by atoms with Crippen LogP contribution >= 0.6 is 0 Å². The Morgan fingerprint density at radius 3 is 3.00 bits per heavy atom. The molecule has 1 aliphatic heterocycles. The van der Waals surface area contributed by atoms with Crippen molar-refractivity contribution in [3.05, 3.63) is 23.8 Å². The highest BCUT2D eigenvalue weighted by molar-refractivity contribution is 5.89. The van der Waals surface area contributed by atoms with Crippen LogP contribution in [0.15, 0.2) is 23.2 Å². The molecule has 0 radical (unpaired) electrons. The van der Waals surface area contributed by atoms with Gasteiger partial charge in [-0.05, 0) is 31.5 Å². The molecule has 1 heterocycles. The van der Waals surface area contributed by atoms with E-state index in [0.29, 0.717) is 5.84 Å². The van der Waals surface area contributed by atoms with E-state index in [0.717, 1.165) is 11.4 Å². The van der Waals surface area contributed by atoms with Gasteiger partial charge in [-0.1, -0.05) is 6.07 Å². The van der Waals surface area contributed by atoms with Crippen LogP contribution < -0.4 is 10.5 Å². The second-order valence-electron chi connectivity index (χ2n) is 3.27. The molecule has 0 aliphatic carbocycles. The van der Waals surface area contributed by atoms with Gasteiger partial charge in [-0.2, -0.15) is 0 Å². The summed E-state index contributed by atoms with van der Waals surface area (Å²) in [6, 6.07) is 5.89. The second-order valence-corrected chi connectivity index (χ2v) is 3.27. The molecule has 13 heavy (non-hydrogen) atoms. The van der Waals surface area contributed by atoms with Crippen molar-refractivity contribution in [1.29, 1.82) is 0 Å². The van der Waals surface area contributed by atoms with Crippen molar-refractivity contribution in [2.45, 2.75) is 20.0 Å². The summed E-state index contributed by atoms with van der Waals surface area (Å²) in [6.45, 7) is 3.92. The maximum Gasteiger partial charge on any atom is 0.153 e. The molecule has 2 N–H and O–H groups in total. The number of ether oxygens (including phenoxy) is 1. The Labute approximate surface area is 77.2 Å². The summed E-state index contributed by atoms with van der Waals surface area (Å²) in [6.07, 6.45) is -0.116. The fourth-order valence-corrected chi connectivity index (χ4v) is 1.29. The number of rotatable bonds is 0. The van der Waals surface area contributed by atoms with Crippen LogP contribution in [0.2, 0.25) is 0 Å². The van der Waals surface area contributed by atoms with Crippen LogP contribution in [-0.4, -0.2) is 11.9 Å². The third kappa shape index (κ3) is 1.37. The van der Waals surface area contributed by atoms with E-state index in [-0.39, 0.29) is 6.10 Å². The van der Waals surface area contributed by atoms with Gasteiger partial charge in [0.25, 0.3) is 0 Å². The highest BCUT2D eigenvalue weighted by Crippen LogP contribution is 2.32. The van der Waals surface area contributed by atoms with Crippen LogP contribution in [0.3, 0.4) is 0 Å². The third-order valence-electron chi connectivity index (χ3n) is 2.09. The molecule has 68 valence electrons. The first-order chi connectivity index (χ1) is 6.16. The summed E-state index contributed by atoms with van der Waals surface area (Å²) in [5.41, 5.74) is 7.64. The molecule has 0 fully saturated rings. The van der Waals surface area contributed by atoms with Crippen LogP contribution in [-0.2, 0) is 0 Å². The molecule has 2 rings (SSSR count). The van der Waals surface area contributed by atoms with Gasteiger partial charge in [-0.3, -0.25) is 0 Å². The molecular formula is C10H12N2O. The molecule has 0 spiro atoms. The molecule has 1 aliphatic rings. The van der Waals surface area contributed by atoms with Crippen molar-refractivity contribution >= 4 is 11.5 Å². The van der Waals surface area contributed by atoms with Gasteiger partial charge in [-0.15, -0.1) is 0 Å². The van der Waals surface area contributed by atoms with Gasteiger partial charge < -0.3 is 10.5 Å². The van der Waals surface area contributed by atoms with E-state index in [9.17, 15) is 0 Å². The fourth-order valence-electron chi connectivity index (χ4n) is 1.29. The first kappa shape index (κ1) is 8.10. The van der Waals surface area contributed by atoms with Crippen molar-refractivity contribution in [1.82, 2.24) is 0 Å². The van der Waals surface area contributed by atoms with Gasteiger partial charge in [-0.25, -0.2) is 4.99 Å². The molecule has 1 aromatic carbocycles. The van der Waals surface area contributed by atoms with Crippen molar-refractivity contribution in [3.8, 4) is 5.75 Å². The Kier molecular flexibility index (Phi) is 1.72. The predicted molar refractivity (Wildman–Crippen MR) is 52.6 cm³/mol. The van der Waals surface area contributed by atoms with Gasteiger partial charge >= 0.3 is 0 Å². The van der Waals surface area contributed by atoms with Crippen LogP contribution in [0.4, 0.5) is 5.69 Å². The van der Waals surface area contributed by atoms with Crippen molar-refractivity contribution in [2.24, 2.45) is 10.7 Å². The van der Waals surface area contributed by atoms with E-state index in [4.69, 9.17) is 10.5 Å². The maximum atomic E-state index is 5.66. The number of aliphatic imine (C=N–C) groups is 1. The first-order valence-electron chi connectivity index (χ1n) is 4.28. The number of aryl methyl sites for hydroxylation is 1. The molecule has 1 unspecified atom stereocenters. The van der Waals surface area contributed by atoms with E-state index in [1.54, 1.807) is 0 Å². The third-order valence-corrected chi connectivity index (χ3v) is 2.09. The Morgan fingerprint density at radius 1 is 1.46 bits per heavy atom. The van der Waals surface area contributed by atoms with Gasteiger partial charge in [0.1, 0.15) is 17.3 Å². The number of hydrogen-bond acceptors (Lipinski definition) is 3. The van der Waals surface area contributed by atoms with Crippen molar-refractivity contribution < 1.29 is 4.74 Å². The Balaban J connectivity index is 2.50. The maximum absolute atomic E-state index is 5.66. The van der Waals surface area contributed by atoms with E-state index in [2.05, 4.69) is 4.99 Å². The first-order valence-corrected chi connectivity index (χ1v) is 4.28. The van der Waals surface area contributed by atoms with Crippen LogP contribution in [0.5, 0.6) is 5.75 Å². The molecule has 0 amide bonds. The quantitative estimate of drug-likeness (QED) is 0.654. The van der Waals surface area contributed by atoms with Gasteiger partial charge in [0, 0.05) is 0 Å². The Morgan fingerprint density at radius 2 is 2.23 bits per heavy atom. The summed E-state index contributed by atoms with van der Waals surface area (Å²) in [7, 11) is 0. The Bertz CT molecular complexity index is 371. The summed E-state index contributed by atoms with van der Waals surface area (Å²) in [4.78, 5) is 4.24. The normalized spacial score (nSPS) is 20.2. The molecule has 0 bridgehead atoms. The zero-order chi connectivity index (χ0) is 9.42. The second kappa shape index (κ2) is 2.76. The van der Waals surface area contributed by atoms with Crippen molar-refractivity contribution in [3.63, 3.8) is 0 Å². The summed E-state index contributed by atoms with van der Waals surface area (Å²) in [5, 5.41) is 0. The average molecular weight is 176 g/mol. The molecule has 1 aromatic rings. The van der Waals surface area contributed by atoms with Gasteiger partial charge in [0.15, 0.2) is 6.10 Å². The average Bonchev–Trinajstić information content (AvgIpc) is 2.08. The van der Waals surface area contributed by atoms with E-state index in [1.807, 2.05) is 32.0 Å². The minimum Gasteiger partial charge on any atom is -0.481 e. The molecule has 1 atom stereocenters. The van der Waals surface area contributed by atoms with E-state index >= 15 is 0 Å². The number of nitrogens with zero attached hydrogens (tertiary/aromatic N) is 1. The van der Waals surface area contributed by atoms with Gasteiger partial charge in [0.05, 0.1) is 0 Å². The fraction of sp³-hybridized carbons (Fsp3) is 0.300. The number of fused-ring (bicyclic) bond motifs is 1. The van der Waals surface area contributed by atoms with Crippen LogP contribution in [0, 0.1) is 6.92 Å². The lowest BCUT2D eigenvalue weighted by atomic mass is 10.2. The topological polar surface area (TPSA) is 47.6 Å². The summed E-state index contributed by atoms with van der Waals surface area (Å²) < 4.78 is 5.57. The molecule has 3 heteroatoms.